The van der Waals surface area contributed by atoms with Crippen molar-refractivity contribution in [1.82, 2.24) is 9.97 Å². The quantitative estimate of drug-likeness (QED) is 0.462. The molecule has 1 aliphatic rings. The molecule has 1 aromatic heterocycles. The van der Waals surface area contributed by atoms with Gasteiger partial charge in [-0.15, -0.1) is 0 Å². The standard InChI is InChI=1S/C18H13BrClF2N3/c19-11-5-3-6-14-10(11)4-1-2-9-25(14)17-15-13(23-18(20)24-17)8-7-12(21)16(15)22/h3,5-8H,1-2,4,9H2. The van der Waals surface area contributed by atoms with E-state index in [2.05, 4.69) is 25.9 Å². The average Bonchev–Trinajstić information content (AvgIpc) is 2.81. The fourth-order valence-corrected chi connectivity index (χ4v) is 3.99. The number of aromatic nitrogens is 2. The van der Waals surface area contributed by atoms with Crippen LogP contribution in [0.25, 0.3) is 10.9 Å². The van der Waals surface area contributed by atoms with Crippen LogP contribution in [0.15, 0.2) is 34.8 Å². The van der Waals surface area contributed by atoms with Gasteiger partial charge in [-0.25, -0.2) is 13.8 Å². The maximum absolute atomic E-state index is 14.6. The van der Waals surface area contributed by atoms with Gasteiger partial charge in [-0.1, -0.05) is 22.0 Å². The van der Waals surface area contributed by atoms with E-state index in [-0.39, 0.29) is 16.2 Å². The highest BCUT2D eigenvalue weighted by Gasteiger charge is 2.24. The molecule has 4 rings (SSSR count). The Bertz CT molecular complexity index is 980. The van der Waals surface area contributed by atoms with Crippen LogP contribution < -0.4 is 4.90 Å². The third kappa shape index (κ3) is 2.87. The van der Waals surface area contributed by atoms with Crippen LogP contribution in [0.3, 0.4) is 0 Å². The Hall–Kier alpha value is -1.79. The van der Waals surface area contributed by atoms with Gasteiger partial charge in [0.05, 0.1) is 10.9 Å². The topological polar surface area (TPSA) is 29.0 Å². The molecule has 0 aliphatic carbocycles. The molecule has 0 spiro atoms. The first-order valence-electron chi connectivity index (χ1n) is 7.92. The number of hydrogen-bond donors (Lipinski definition) is 0. The highest BCUT2D eigenvalue weighted by Crippen LogP contribution is 2.39. The van der Waals surface area contributed by atoms with Crippen LogP contribution in [0.1, 0.15) is 18.4 Å². The number of anilines is 2. The van der Waals surface area contributed by atoms with Crippen LogP contribution in [0.2, 0.25) is 5.28 Å². The van der Waals surface area contributed by atoms with E-state index >= 15 is 0 Å². The Balaban J connectivity index is 2.02. The lowest BCUT2D eigenvalue weighted by Gasteiger charge is -2.25. The molecule has 0 atom stereocenters. The van der Waals surface area contributed by atoms with E-state index in [1.165, 1.54) is 6.07 Å². The van der Waals surface area contributed by atoms with Gasteiger partial charge >= 0.3 is 0 Å². The van der Waals surface area contributed by atoms with Crippen molar-refractivity contribution < 1.29 is 8.78 Å². The SMILES string of the molecule is Fc1ccc2nc(Cl)nc(N3CCCCc4c(Br)cccc43)c2c1F. The Labute approximate surface area is 156 Å². The number of fused-ring (bicyclic) bond motifs is 2. The largest absolute Gasteiger partial charge is 0.325 e. The molecule has 7 heteroatoms. The summed E-state index contributed by atoms with van der Waals surface area (Å²) in [4.78, 5) is 10.2. The van der Waals surface area contributed by atoms with Gasteiger partial charge in [0.25, 0.3) is 0 Å². The number of benzene rings is 2. The van der Waals surface area contributed by atoms with Gasteiger partial charge in [0, 0.05) is 16.7 Å². The van der Waals surface area contributed by atoms with Crippen LogP contribution in [0, 0.1) is 11.6 Å². The van der Waals surface area contributed by atoms with Crippen molar-refractivity contribution in [2.75, 3.05) is 11.4 Å². The molecular formula is C18H13BrClF2N3. The summed E-state index contributed by atoms with van der Waals surface area (Å²) in [6, 6.07) is 8.34. The summed E-state index contributed by atoms with van der Waals surface area (Å²) in [7, 11) is 0. The minimum Gasteiger partial charge on any atom is -0.325 e. The zero-order chi connectivity index (χ0) is 17.6. The lowest BCUT2D eigenvalue weighted by Crippen LogP contribution is -2.20. The maximum atomic E-state index is 14.6. The Kier molecular flexibility index (Phi) is 4.33. The normalized spacial score (nSPS) is 14.5. The second-order valence-electron chi connectivity index (χ2n) is 5.92. The molecule has 0 saturated carbocycles. The fourth-order valence-electron chi connectivity index (χ4n) is 3.27. The predicted octanol–water partition coefficient (Wildman–Crippen LogP) is 5.80. The van der Waals surface area contributed by atoms with Crippen molar-refractivity contribution in [2.45, 2.75) is 19.3 Å². The first kappa shape index (κ1) is 16.7. The summed E-state index contributed by atoms with van der Waals surface area (Å²) in [5.41, 5.74) is 2.33. The number of nitrogens with zero attached hydrogens (tertiary/aromatic N) is 3. The summed E-state index contributed by atoms with van der Waals surface area (Å²) in [5, 5.41) is 0.0616. The van der Waals surface area contributed by atoms with Crippen LogP contribution in [0.4, 0.5) is 20.3 Å². The van der Waals surface area contributed by atoms with E-state index in [1.54, 1.807) is 0 Å². The van der Waals surface area contributed by atoms with Gasteiger partial charge in [-0.3, -0.25) is 0 Å². The third-order valence-electron chi connectivity index (χ3n) is 4.41. The van der Waals surface area contributed by atoms with E-state index in [0.717, 1.165) is 41.1 Å². The second-order valence-corrected chi connectivity index (χ2v) is 7.11. The van der Waals surface area contributed by atoms with E-state index in [1.807, 2.05) is 23.1 Å². The number of hydrogen-bond acceptors (Lipinski definition) is 3. The van der Waals surface area contributed by atoms with E-state index in [9.17, 15) is 8.78 Å². The summed E-state index contributed by atoms with van der Waals surface area (Å²) in [5.74, 6) is -1.58. The van der Waals surface area contributed by atoms with Crippen molar-refractivity contribution in [1.29, 1.82) is 0 Å². The van der Waals surface area contributed by atoms with Gasteiger partial charge < -0.3 is 4.90 Å². The highest BCUT2D eigenvalue weighted by molar-refractivity contribution is 9.10. The molecule has 3 nitrogen and oxygen atoms in total. The van der Waals surface area contributed by atoms with Crippen molar-refractivity contribution >= 4 is 49.9 Å². The average molecular weight is 425 g/mol. The lowest BCUT2D eigenvalue weighted by atomic mass is 10.1. The Morgan fingerprint density at radius 1 is 1.08 bits per heavy atom. The first-order valence-corrected chi connectivity index (χ1v) is 9.09. The van der Waals surface area contributed by atoms with Crippen molar-refractivity contribution in [3.05, 3.63) is 57.3 Å². The molecule has 0 radical (unpaired) electrons. The molecule has 2 heterocycles. The molecule has 0 fully saturated rings. The summed E-state index contributed by atoms with van der Waals surface area (Å²) in [6.45, 7) is 0.641. The van der Waals surface area contributed by atoms with Gasteiger partial charge in [0.2, 0.25) is 5.28 Å². The minimum absolute atomic E-state index is 0.00861. The Morgan fingerprint density at radius 2 is 1.92 bits per heavy atom. The summed E-state index contributed by atoms with van der Waals surface area (Å²) < 4.78 is 29.4. The summed E-state index contributed by atoms with van der Waals surface area (Å²) in [6.07, 6.45) is 2.81. The van der Waals surface area contributed by atoms with Crippen LogP contribution in [0.5, 0.6) is 0 Å². The smallest absolute Gasteiger partial charge is 0.224 e. The van der Waals surface area contributed by atoms with Gasteiger partial charge in [0.15, 0.2) is 11.6 Å². The zero-order valence-electron chi connectivity index (χ0n) is 13.1. The van der Waals surface area contributed by atoms with Crippen molar-refractivity contribution in [3.8, 4) is 0 Å². The number of rotatable bonds is 1. The highest BCUT2D eigenvalue weighted by atomic mass is 79.9. The number of halogens is 4. The molecule has 3 aromatic rings. The van der Waals surface area contributed by atoms with E-state index < -0.39 is 11.6 Å². The molecule has 25 heavy (non-hydrogen) atoms. The molecule has 0 bridgehead atoms. The minimum atomic E-state index is -0.954. The van der Waals surface area contributed by atoms with Crippen molar-refractivity contribution in [3.63, 3.8) is 0 Å². The van der Waals surface area contributed by atoms with E-state index in [0.29, 0.717) is 12.4 Å². The van der Waals surface area contributed by atoms with Gasteiger partial charge in [-0.05, 0) is 60.7 Å². The fraction of sp³-hybridized carbons (Fsp3) is 0.222. The molecule has 1 aliphatic heterocycles. The molecule has 128 valence electrons. The Morgan fingerprint density at radius 3 is 2.76 bits per heavy atom. The summed E-state index contributed by atoms with van der Waals surface area (Å²) >= 11 is 9.65. The van der Waals surface area contributed by atoms with Gasteiger partial charge in [-0.2, -0.15) is 4.98 Å². The monoisotopic (exact) mass is 423 g/mol. The van der Waals surface area contributed by atoms with Crippen molar-refractivity contribution in [2.24, 2.45) is 0 Å². The molecule has 0 N–H and O–H groups in total. The van der Waals surface area contributed by atoms with Crippen LogP contribution in [-0.4, -0.2) is 16.5 Å². The zero-order valence-corrected chi connectivity index (χ0v) is 15.4. The molecule has 0 unspecified atom stereocenters. The molecular weight excluding hydrogens is 412 g/mol. The second kappa shape index (κ2) is 6.50. The maximum Gasteiger partial charge on any atom is 0.224 e. The van der Waals surface area contributed by atoms with Crippen LogP contribution in [-0.2, 0) is 6.42 Å². The van der Waals surface area contributed by atoms with E-state index in [4.69, 9.17) is 11.6 Å². The molecule has 0 amide bonds. The molecule has 0 saturated heterocycles. The third-order valence-corrected chi connectivity index (χ3v) is 5.32. The molecule has 2 aromatic carbocycles. The lowest BCUT2D eigenvalue weighted by molar-refractivity contribution is 0.516. The van der Waals surface area contributed by atoms with Gasteiger partial charge in [0.1, 0.15) is 5.82 Å². The predicted molar refractivity (Wildman–Crippen MR) is 98.6 cm³/mol. The van der Waals surface area contributed by atoms with Crippen LogP contribution >= 0.6 is 27.5 Å². The first-order chi connectivity index (χ1) is 12.1.